The number of halogens is 2. The molecule has 0 radical (unpaired) electrons. The third-order valence-corrected chi connectivity index (χ3v) is 4.06. The standard InChI is InChI=1S/C16H24Cl2O2/c1-4-7-11(8-5-2)16(19)12-9-14(18)15(20-6-3)10-13(12)17/h9-11,16,19H,4-8H2,1-3H3. The van der Waals surface area contributed by atoms with E-state index < -0.39 is 6.10 Å². The Bertz CT molecular complexity index is 415. The molecule has 114 valence electrons. The molecule has 0 saturated heterocycles. The van der Waals surface area contributed by atoms with Crippen molar-refractivity contribution in [3.63, 3.8) is 0 Å². The summed E-state index contributed by atoms with van der Waals surface area (Å²) < 4.78 is 5.41. The van der Waals surface area contributed by atoms with Crippen LogP contribution in [0.25, 0.3) is 0 Å². The topological polar surface area (TPSA) is 29.5 Å². The third kappa shape index (κ3) is 4.54. The van der Waals surface area contributed by atoms with Gasteiger partial charge < -0.3 is 9.84 Å². The number of aliphatic hydroxyl groups is 1. The minimum atomic E-state index is -0.574. The Labute approximate surface area is 132 Å². The lowest BCUT2D eigenvalue weighted by atomic mass is 9.88. The minimum Gasteiger partial charge on any atom is -0.492 e. The summed E-state index contributed by atoms with van der Waals surface area (Å²) in [6.45, 7) is 6.68. The highest BCUT2D eigenvalue weighted by Crippen LogP contribution is 2.38. The molecule has 20 heavy (non-hydrogen) atoms. The minimum absolute atomic E-state index is 0.219. The van der Waals surface area contributed by atoms with Crippen LogP contribution in [0, 0.1) is 5.92 Å². The van der Waals surface area contributed by atoms with E-state index in [4.69, 9.17) is 27.9 Å². The molecule has 1 aromatic rings. The average Bonchev–Trinajstić information content (AvgIpc) is 2.42. The lowest BCUT2D eigenvalue weighted by Crippen LogP contribution is -2.13. The fraction of sp³-hybridized carbons (Fsp3) is 0.625. The van der Waals surface area contributed by atoms with E-state index in [1.807, 2.05) is 6.92 Å². The van der Waals surface area contributed by atoms with Crippen molar-refractivity contribution < 1.29 is 9.84 Å². The lowest BCUT2D eigenvalue weighted by Gasteiger charge is -2.24. The number of benzene rings is 1. The number of hydrogen-bond acceptors (Lipinski definition) is 2. The van der Waals surface area contributed by atoms with Crippen molar-refractivity contribution in [2.45, 2.75) is 52.6 Å². The van der Waals surface area contributed by atoms with Crippen LogP contribution in [0.5, 0.6) is 5.75 Å². The van der Waals surface area contributed by atoms with Crippen LogP contribution in [0.3, 0.4) is 0 Å². The van der Waals surface area contributed by atoms with Crippen LogP contribution in [0.15, 0.2) is 12.1 Å². The Morgan fingerprint density at radius 2 is 1.65 bits per heavy atom. The summed E-state index contributed by atoms with van der Waals surface area (Å²) in [6, 6.07) is 3.43. The fourth-order valence-electron chi connectivity index (χ4n) is 2.49. The monoisotopic (exact) mass is 318 g/mol. The molecule has 1 atom stereocenters. The van der Waals surface area contributed by atoms with Gasteiger partial charge >= 0.3 is 0 Å². The van der Waals surface area contributed by atoms with Gasteiger partial charge in [-0.2, -0.15) is 0 Å². The maximum Gasteiger partial charge on any atom is 0.139 e. The molecular weight excluding hydrogens is 295 g/mol. The van der Waals surface area contributed by atoms with Crippen molar-refractivity contribution in [2.24, 2.45) is 5.92 Å². The highest BCUT2D eigenvalue weighted by Gasteiger charge is 2.23. The van der Waals surface area contributed by atoms with Crippen LogP contribution in [0.4, 0.5) is 0 Å². The molecule has 0 aliphatic carbocycles. The smallest absolute Gasteiger partial charge is 0.139 e. The maximum absolute atomic E-state index is 10.6. The van der Waals surface area contributed by atoms with Crippen LogP contribution < -0.4 is 4.74 Å². The highest BCUT2D eigenvalue weighted by atomic mass is 35.5. The Kier molecular flexibility index (Phi) is 7.71. The van der Waals surface area contributed by atoms with Crippen molar-refractivity contribution in [1.82, 2.24) is 0 Å². The van der Waals surface area contributed by atoms with Gasteiger partial charge in [-0.25, -0.2) is 0 Å². The van der Waals surface area contributed by atoms with Crippen LogP contribution in [-0.2, 0) is 0 Å². The zero-order chi connectivity index (χ0) is 15.1. The SMILES string of the molecule is CCCC(CCC)C(O)c1cc(Cl)c(OCC)cc1Cl. The zero-order valence-corrected chi connectivity index (χ0v) is 14.0. The van der Waals surface area contributed by atoms with Crippen LogP contribution in [-0.4, -0.2) is 11.7 Å². The van der Waals surface area contributed by atoms with E-state index in [9.17, 15) is 5.11 Å². The van der Waals surface area contributed by atoms with Gasteiger partial charge in [-0.15, -0.1) is 0 Å². The van der Waals surface area contributed by atoms with Gasteiger partial charge in [-0.3, -0.25) is 0 Å². The maximum atomic E-state index is 10.6. The second kappa shape index (κ2) is 8.76. The van der Waals surface area contributed by atoms with Gasteiger partial charge in [0.25, 0.3) is 0 Å². The van der Waals surface area contributed by atoms with Gasteiger partial charge in [0.15, 0.2) is 0 Å². The van der Waals surface area contributed by atoms with E-state index in [-0.39, 0.29) is 5.92 Å². The highest BCUT2D eigenvalue weighted by molar-refractivity contribution is 6.34. The van der Waals surface area contributed by atoms with E-state index in [0.717, 1.165) is 25.7 Å². The largest absolute Gasteiger partial charge is 0.492 e. The molecule has 2 nitrogen and oxygen atoms in total. The molecule has 0 aliphatic heterocycles. The van der Waals surface area contributed by atoms with Crippen molar-refractivity contribution in [2.75, 3.05) is 6.61 Å². The van der Waals surface area contributed by atoms with E-state index in [1.165, 1.54) is 0 Å². The first-order chi connectivity index (χ1) is 9.54. The number of ether oxygens (including phenoxy) is 1. The van der Waals surface area contributed by atoms with Crippen molar-refractivity contribution in [1.29, 1.82) is 0 Å². The molecule has 0 amide bonds. The summed E-state index contributed by atoms with van der Waals surface area (Å²) in [4.78, 5) is 0. The average molecular weight is 319 g/mol. The summed E-state index contributed by atoms with van der Waals surface area (Å²) in [7, 11) is 0. The van der Waals surface area contributed by atoms with Crippen LogP contribution >= 0.6 is 23.2 Å². The number of hydrogen-bond donors (Lipinski definition) is 1. The van der Waals surface area contributed by atoms with Crippen molar-refractivity contribution in [3.8, 4) is 5.75 Å². The molecule has 0 heterocycles. The van der Waals surface area contributed by atoms with Gasteiger partial charge in [0.2, 0.25) is 0 Å². The molecule has 4 heteroatoms. The Hall–Kier alpha value is -0.440. The third-order valence-electron chi connectivity index (χ3n) is 3.44. The van der Waals surface area contributed by atoms with E-state index >= 15 is 0 Å². The molecule has 0 aromatic heterocycles. The van der Waals surface area contributed by atoms with Gasteiger partial charge in [0.05, 0.1) is 22.8 Å². The molecule has 0 bridgehead atoms. The van der Waals surface area contributed by atoms with Crippen LogP contribution in [0.2, 0.25) is 10.0 Å². The van der Waals surface area contributed by atoms with E-state index in [2.05, 4.69) is 13.8 Å². The summed E-state index contributed by atoms with van der Waals surface area (Å²) in [5.41, 5.74) is 0.701. The second-order valence-corrected chi connectivity index (χ2v) is 5.83. The van der Waals surface area contributed by atoms with E-state index in [1.54, 1.807) is 12.1 Å². The van der Waals surface area contributed by atoms with Gasteiger partial charge in [0, 0.05) is 11.6 Å². The Morgan fingerprint density at radius 1 is 1.05 bits per heavy atom. The first-order valence-electron chi connectivity index (χ1n) is 7.34. The van der Waals surface area contributed by atoms with Crippen LogP contribution in [0.1, 0.15) is 58.1 Å². The van der Waals surface area contributed by atoms with Gasteiger partial charge in [-0.1, -0.05) is 49.9 Å². The van der Waals surface area contributed by atoms with Crippen molar-refractivity contribution in [3.05, 3.63) is 27.7 Å². The molecule has 0 spiro atoms. The molecule has 0 aliphatic rings. The van der Waals surface area contributed by atoms with Gasteiger partial charge in [0.1, 0.15) is 5.75 Å². The predicted molar refractivity (Wildman–Crippen MR) is 85.9 cm³/mol. The first kappa shape index (κ1) is 17.6. The van der Waals surface area contributed by atoms with Gasteiger partial charge in [-0.05, 0) is 31.7 Å². The first-order valence-corrected chi connectivity index (χ1v) is 8.10. The summed E-state index contributed by atoms with van der Waals surface area (Å²) in [6.07, 6.45) is 3.48. The summed E-state index contributed by atoms with van der Waals surface area (Å²) in [5, 5.41) is 11.6. The zero-order valence-electron chi connectivity index (χ0n) is 12.5. The second-order valence-electron chi connectivity index (χ2n) is 5.02. The molecule has 1 N–H and O–H groups in total. The Morgan fingerprint density at radius 3 is 2.15 bits per heavy atom. The molecule has 1 unspecified atom stereocenters. The Balaban J connectivity index is 3.02. The fourth-order valence-corrected chi connectivity index (χ4v) is 2.98. The number of rotatable bonds is 8. The van der Waals surface area contributed by atoms with Crippen molar-refractivity contribution >= 4 is 23.2 Å². The lowest BCUT2D eigenvalue weighted by molar-refractivity contribution is 0.0965. The molecular formula is C16H24Cl2O2. The summed E-state index contributed by atoms with van der Waals surface area (Å²) >= 11 is 12.5. The molecule has 1 aromatic carbocycles. The predicted octanol–water partition coefficient (Wildman–Crippen LogP) is 5.64. The number of aliphatic hydroxyl groups excluding tert-OH is 1. The van der Waals surface area contributed by atoms with E-state index in [0.29, 0.717) is 28.0 Å². The quantitative estimate of drug-likeness (QED) is 0.671. The molecule has 0 saturated carbocycles. The molecule has 0 fully saturated rings. The normalized spacial score (nSPS) is 12.8. The molecule has 1 rings (SSSR count). The summed E-state index contributed by atoms with van der Waals surface area (Å²) in [5.74, 6) is 0.786.